The Morgan fingerprint density at radius 2 is 1.88 bits per heavy atom. The molecule has 0 aromatic heterocycles. The number of hydrogen-bond donors (Lipinski definition) is 0. The fourth-order valence-corrected chi connectivity index (χ4v) is 2.28. The molecule has 0 saturated heterocycles. The molecule has 0 aliphatic heterocycles. The van der Waals surface area contributed by atoms with Gasteiger partial charge in [-0.3, -0.25) is 0 Å². The van der Waals surface area contributed by atoms with Gasteiger partial charge in [0.2, 0.25) is 0 Å². The molecule has 0 amide bonds. The molecule has 44 valence electrons. The molecule has 0 heterocycles. The van der Waals surface area contributed by atoms with Gasteiger partial charge in [0, 0.05) is 11.3 Å². The summed E-state index contributed by atoms with van der Waals surface area (Å²) in [7, 11) is 0. The first-order valence-corrected chi connectivity index (χ1v) is 3.64. The summed E-state index contributed by atoms with van der Waals surface area (Å²) in [4.78, 5) is 0. The molecule has 2 aliphatic carbocycles. The molecule has 4 atom stereocenters. The molecule has 0 aromatic carbocycles. The van der Waals surface area contributed by atoms with Gasteiger partial charge in [0.1, 0.15) is 0 Å². The van der Waals surface area contributed by atoms with E-state index in [2.05, 4.69) is 6.08 Å². The maximum atomic E-state index is 5.83. The Morgan fingerprint density at radius 1 is 1.12 bits per heavy atom. The molecule has 0 nitrogen and oxygen atoms in total. The number of alkyl halides is 2. The lowest BCUT2D eigenvalue weighted by Gasteiger charge is -1.93. The quantitative estimate of drug-likeness (QED) is 0.365. The topological polar surface area (TPSA) is 0 Å². The predicted molar refractivity (Wildman–Crippen MR) is 35.4 cm³/mol. The largest absolute Gasteiger partial charge is 0.122 e. The molecule has 2 aliphatic rings. The Bertz CT molecular complexity index is 139. The van der Waals surface area contributed by atoms with Gasteiger partial charge in [0.05, 0.1) is 5.38 Å². The summed E-state index contributed by atoms with van der Waals surface area (Å²) < 4.78 is 0. The van der Waals surface area contributed by atoms with Gasteiger partial charge < -0.3 is 0 Å². The zero-order valence-electron chi connectivity index (χ0n) is 4.22. The van der Waals surface area contributed by atoms with Crippen LogP contribution in [0.15, 0.2) is 12.2 Å². The lowest BCUT2D eigenvalue weighted by molar-refractivity contribution is 0.863. The third-order valence-corrected chi connectivity index (χ3v) is 2.94. The van der Waals surface area contributed by atoms with Crippen LogP contribution in [-0.2, 0) is 0 Å². The van der Waals surface area contributed by atoms with E-state index in [0.29, 0.717) is 17.2 Å². The molecule has 2 rings (SSSR count). The molecule has 0 bridgehead atoms. The fourth-order valence-electron chi connectivity index (χ4n) is 1.30. The predicted octanol–water partition coefficient (Wildman–Crippen LogP) is 2.02. The summed E-state index contributed by atoms with van der Waals surface area (Å²) in [6.07, 6.45) is 4.16. The lowest BCUT2D eigenvalue weighted by Crippen LogP contribution is -1.95. The Kier molecular flexibility index (Phi) is 0.915. The van der Waals surface area contributed by atoms with Gasteiger partial charge in [-0.2, -0.15) is 0 Å². The summed E-state index contributed by atoms with van der Waals surface area (Å²) in [5, 5.41) is 0.574. The maximum Gasteiger partial charge on any atom is 0.0564 e. The molecule has 8 heavy (non-hydrogen) atoms. The maximum absolute atomic E-state index is 5.83. The monoisotopic (exact) mass is 148 g/mol. The van der Waals surface area contributed by atoms with Crippen LogP contribution in [0.5, 0.6) is 0 Å². The Labute approximate surface area is 58.5 Å². The van der Waals surface area contributed by atoms with E-state index in [1.54, 1.807) is 0 Å². The van der Waals surface area contributed by atoms with E-state index in [9.17, 15) is 0 Å². The van der Waals surface area contributed by atoms with Crippen LogP contribution in [-0.4, -0.2) is 10.8 Å². The van der Waals surface area contributed by atoms with Gasteiger partial charge in [0.25, 0.3) is 0 Å². The van der Waals surface area contributed by atoms with Crippen molar-refractivity contribution in [1.82, 2.24) is 0 Å². The summed E-state index contributed by atoms with van der Waals surface area (Å²) in [6.45, 7) is 0. The molecule has 0 N–H and O–H groups in total. The average Bonchev–Trinajstić information content (AvgIpc) is 2.13. The molecule has 0 radical (unpaired) electrons. The van der Waals surface area contributed by atoms with E-state index in [0.717, 1.165) is 0 Å². The van der Waals surface area contributed by atoms with Crippen LogP contribution >= 0.6 is 23.2 Å². The first kappa shape index (κ1) is 5.13. The molecule has 2 heteroatoms. The van der Waals surface area contributed by atoms with Crippen LogP contribution in [0.2, 0.25) is 0 Å². The van der Waals surface area contributed by atoms with Crippen LogP contribution in [0.3, 0.4) is 0 Å². The second-order valence-electron chi connectivity index (χ2n) is 2.43. The molecule has 1 saturated carbocycles. The number of allylic oxidation sites excluding steroid dienone is 2. The highest BCUT2D eigenvalue weighted by Gasteiger charge is 2.53. The van der Waals surface area contributed by atoms with Crippen LogP contribution < -0.4 is 0 Å². The minimum atomic E-state index is 0.225. The van der Waals surface area contributed by atoms with Crippen molar-refractivity contribution in [3.63, 3.8) is 0 Å². The van der Waals surface area contributed by atoms with Gasteiger partial charge in [-0.25, -0.2) is 0 Å². The van der Waals surface area contributed by atoms with Crippen molar-refractivity contribution >= 4 is 23.2 Å². The highest BCUT2D eigenvalue weighted by atomic mass is 35.5. The van der Waals surface area contributed by atoms with Crippen molar-refractivity contribution in [1.29, 1.82) is 0 Å². The number of rotatable bonds is 0. The van der Waals surface area contributed by atoms with Gasteiger partial charge in [-0.1, -0.05) is 12.2 Å². The fraction of sp³-hybridized carbons (Fsp3) is 0.667. The minimum absolute atomic E-state index is 0.225. The summed E-state index contributed by atoms with van der Waals surface area (Å²) in [5.41, 5.74) is 0. The van der Waals surface area contributed by atoms with Crippen molar-refractivity contribution < 1.29 is 0 Å². The van der Waals surface area contributed by atoms with Gasteiger partial charge in [-0.15, -0.1) is 23.2 Å². The molecule has 0 spiro atoms. The van der Waals surface area contributed by atoms with Crippen molar-refractivity contribution in [2.24, 2.45) is 11.8 Å². The van der Waals surface area contributed by atoms with Crippen LogP contribution in [0.4, 0.5) is 0 Å². The summed E-state index contributed by atoms with van der Waals surface area (Å²) in [5.74, 6) is 1.18. The second-order valence-corrected chi connectivity index (χ2v) is 3.44. The molecule has 1 fully saturated rings. The van der Waals surface area contributed by atoms with E-state index >= 15 is 0 Å². The third kappa shape index (κ3) is 0.479. The average molecular weight is 149 g/mol. The molecular formula is C6H6Cl2. The standard InChI is InChI=1S/C6H6Cl2/c7-4-2-1-3-5(4)6(3)8/h1-6H/t3-,4-,5-,6+/m1/s1. The van der Waals surface area contributed by atoms with Crippen LogP contribution in [0, 0.1) is 11.8 Å². The zero-order chi connectivity index (χ0) is 5.72. The third-order valence-electron chi connectivity index (χ3n) is 1.92. The molecule has 0 aromatic rings. The van der Waals surface area contributed by atoms with Gasteiger partial charge >= 0.3 is 0 Å². The van der Waals surface area contributed by atoms with Crippen molar-refractivity contribution in [3.8, 4) is 0 Å². The van der Waals surface area contributed by atoms with E-state index < -0.39 is 0 Å². The Balaban J connectivity index is 2.18. The SMILES string of the molecule is Cl[C@H]1[C@@H]2C=C[C@@H](Cl)[C@H]12. The zero-order valence-corrected chi connectivity index (χ0v) is 5.73. The minimum Gasteiger partial charge on any atom is -0.122 e. The lowest BCUT2D eigenvalue weighted by atomic mass is 10.3. The summed E-state index contributed by atoms with van der Waals surface area (Å²) >= 11 is 11.6. The normalized spacial score (nSPS) is 58.8. The first-order valence-electron chi connectivity index (χ1n) is 2.77. The van der Waals surface area contributed by atoms with Crippen molar-refractivity contribution in [2.45, 2.75) is 10.8 Å². The number of fused-ring (bicyclic) bond motifs is 1. The highest BCUT2D eigenvalue weighted by Crippen LogP contribution is 2.53. The van der Waals surface area contributed by atoms with Crippen molar-refractivity contribution in [2.75, 3.05) is 0 Å². The van der Waals surface area contributed by atoms with Crippen molar-refractivity contribution in [3.05, 3.63) is 12.2 Å². The van der Waals surface area contributed by atoms with E-state index in [1.165, 1.54) is 0 Å². The number of halogens is 2. The van der Waals surface area contributed by atoms with Gasteiger partial charge in [-0.05, 0) is 5.92 Å². The number of hydrogen-bond acceptors (Lipinski definition) is 0. The Hall–Kier alpha value is 0.320. The highest BCUT2D eigenvalue weighted by molar-refractivity contribution is 6.27. The smallest absolute Gasteiger partial charge is 0.0564 e. The van der Waals surface area contributed by atoms with Gasteiger partial charge in [0.15, 0.2) is 0 Å². The Morgan fingerprint density at radius 3 is 2.12 bits per heavy atom. The first-order chi connectivity index (χ1) is 3.80. The summed E-state index contributed by atoms with van der Waals surface area (Å²) in [6, 6.07) is 0. The van der Waals surface area contributed by atoms with Crippen LogP contribution in [0.25, 0.3) is 0 Å². The van der Waals surface area contributed by atoms with Crippen LogP contribution in [0.1, 0.15) is 0 Å². The van der Waals surface area contributed by atoms with E-state index in [4.69, 9.17) is 23.2 Å². The molecular weight excluding hydrogens is 143 g/mol. The molecule has 0 unspecified atom stereocenters. The second kappa shape index (κ2) is 1.43. The van der Waals surface area contributed by atoms with E-state index in [-0.39, 0.29) is 5.38 Å². The van der Waals surface area contributed by atoms with E-state index in [1.807, 2.05) is 6.08 Å².